The molecule has 134 valence electrons. The molecule has 0 atom stereocenters. The highest BCUT2D eigenvalue weighted by Crippen LogP contribution is 2.11. The zero-order chi connectivity index (χ0) is 17.7. The van der Waals surface area contributed by atoms with Gasteiger partial charge in [0.25, 0.3) is 0 Å². The summed E-state index contributed by atoms with van der Waals surface area (Å²) in [5.74, 6) is 0.430. The third kappa shape index (κ3) is 7.06. The molecule has 1 rings (SSSR count). The third-order valence-electron chi connectivity index (χ3n) is 3.37. The van der Waals surface area contributed by atoms with Crippen molar-refractivity contribution in [1.82, 2.24) is 9.80 Å². The summed E-state index contributed by atoms with van der Waals surface area (Å²) < 4.78 is 28.1. The normalized spacial score (nSPS) is 17.3. The smallest absolute Gasteiger partial charge is 0.410 e. The number of rotatable bonds is 4. The Kier molecular flexibility index (Phi) is 6.67. The van der Waals surface area contributed by atoms with Gasteiger partial charge in [-0.05, 0) is 20.8 Å². The highest BCUT2D eigenvalue weighted by molar-refractivity contribution is 7.91. The number of nitrogens with zero attached hydrogens (tertiary/aromatic N) is 3. The Bertz CT molecular complexity index is 531. The molecule has 0 aromatic rings. The van der Waals surface area contributed by atoms with Gasteiger partial charge in [-0.1, -0.05) is 6.92 Å². The molecule has 1 aliphatic rings. The van der Waals surface area contributed by atoms with Crippen LogP contribution < -0.4 is 5.73 Å². The minimum atomic E-state index is -3.03. The number of carbonyl (C=O) groups excluding carboxylic acids is 1. The van der Waals surface area contributed by atoms with Crippen LogP contribution in [0.1, 0.15) is 27.7 Å². The van der Waals surface area contributed by atoms with Gasteiger partial charge in [0.2, 0.25) is 0 Å². The van der Waals surface area contributed by atoms with Crippen LogP contribution in [0, 0.1) is 0 Å². The van der Waals surface area contributed by atoms with Crippen molar-refractivity contribution in [2.24, 2.45) is 10.7 Å². The number of carbonyl (C=O) groups is 1. The molecule has 1 aliphatic heterocycles. The summed E-state index contributed by atoms with van der Waals surface area (Å²) in [6.45, 7) is 9.36. The van der Waals surface area contributed by atoms with Gasteiger partial charge in [-0.15, -0.1) is 0 Å². The Labute approximate surface area is 138 Å². The maximum atomic E-state index is 12.0. The van der Waals surface area contributed by atoms with Gasteiger partial charge >= 0.3 is 6.09 Å². The zero-order valence-electron chi connectivity index (χ0n) is 14.4. The van der Waals surface area contributed by atoms with Crippen molar-refractivity contribution < 1.29 is 17.9 Å². The summed E-state index contributed by atoms with van der Waals surface area (Å²) in [5.41, 5.74) is 5.37. The van der Waals surface area contributed by atoms with Crippen LogP contribution in [0.2, 0.25) is 0 Å². The fraction of sp³-hybridized carbons (Fsp3) is 0.857. The summed E-state index contributed by atoms with van der Waals surface area (Å²) >= 11 is 0. The Hall–Kier alpha value is -1.51. The van der Waals surface area contributed by atoms with Crippen LogP contribution in [0.25, 0.3) is 0 Å². The van der Waals surface area contributed by atoms with Crippen LogP contribution in [0.5, 0.6) is 0 Å². The molecule has 9 heteroatoms. The second-order valence-electron chi connectivity index (χ2n) is 6.43. The van der Waals surface area contributed by atoms with Crippen molar-refractivity contribution in [3.8, 4) is 0 Å². The number of nitrogens with two attached hydrogens (primary N) is 1. The van der Waals surface area contributed by atoms with E-state index in [1.807, 2.05) is 25.7 Å². The van der Waals surface area contributed by atoms with E-state index in [0.29, 0.717) is 32.1 Å². The van der Waals surface area contributed by atoms with E-state index in [1.165, 1.54) is 0 Å². The Morgan fingerprint density at radius 3 is 2.17 bits per heavy atom. The van der Waals surface area contributed by atoms with Crippen LogP contribution in [-0.4, -0.2) is 80.1 Å². The Morgan fingerprint density at radius 2 is 1.70 bits per heavy atom. The van der Waals surface area contributed by atoms with E-state index < -0.39 is 15.4 Å². The van der Waals surface area contributed by atoms with Gasteiger partial charge < -0.3 is 20.3 Å². The van der Waals surface area contributed by atoms with Gasteiger partial charge in [-0.2, -0.15) is 0 Å². The SMILES string of the molecule is CCS(=O)(=O)CCN=C(N)N1CCN(C(=O)OC(C)(C)C)CC1. The minimum absolute atomic E-state index is 0.00206. The number of amides is 1. The first-order valence-electron chi connectivity index (χ1n) is 7.77. The largest absolute Gasteiger partial charge is 0.444 e. The van der Waals surface area contributed by atoms with Gasteiger partial charge in [0.15, 0.2) is 15.8 Å². The van der Waals surface area contributed by atoms with Crippen molar-refractivity contribution in [3.05, 3.63) is 0 Å². The van der Waals surface area contributed by atoms with Crippen molar-refractivity contribution in [3.63, 3.8) is 0 Å². The topological polar surface area (TPSA) is 105 Å². The molecule has 0 spiro atoms. The van der Waals surface area contributed by atoms with Crippen LogP contribution in [0.4, 0.5) is 4.79 Å². The molecular formula is C14H28N4O4S. The van der Waals surface area contributed by atoms with Crippen LogP contribution in [-0.2, 0) is 14.6 Å². The monoisotopic (exact) mass is 348 g/mol. The molecule has 1 amide bonds. The van der Waals surface area contributed by atoms with E-state index in [4.69, 9.17) is 10.5 Å². The predicted molar refractivity (Wildman–Crippen MR) is 90.2 cm³/mol. The highest BCUT2D eigenvalue weighted by atomic mass is 32.2. The average Bonchev–Trinajstić information content (AvgIpc) is 2.45. The first-order valence-corrected chi connectivity index (χ1v) is 9.59. The van der Waals surface area contributed by atoms with E-state index in [0.717, 1.165) is 0 Å². The predicted octanol–water partition coefficient (Wildman–Crippen LogP) is 0.289. The Balaban J connectivity index is 2.45. The van der Waals surface area contributed by atoms with Crippen molar-refractivity contribution in [2.45, 2.75) is 33.3 Å². The molecule has 1 fully saturated rings. The number of ether oxygens (including phenoxy) is 1. The number of sulfone groups is 1. The molecule has 1 saturated heterocycles. The number of guanidine groups is 1. The van der Waals surface area contributed by atoms with E-state index in [-0.39, 0.29) is 24.1 Å². The summed E-state index contributed by atoms with van der Waals surface area (Å²) in [6.07, 6.45) is -0.332. The first-order chi connectivity index (χ1) is 10.5. The third-order valence-corrected chi connectivity index (χ3v) is 5.06. The Morgan fingerprint density at radius 1 is 1.17 bits per heavy atom. The number of hydrogen-bond donors (Lipinski definition) is 1. The highest BCUT2D eigenvalue weighted by Gasteiger charge is 2.26. The molecule has 23 heavy (non-hydrogen) atoms. The molecule has 0 unspecified atom stereocenters. The first kappa shape index (κ1) is 19.5. The fourth-order valence-electron chi connectivity index (χ4n) is 1.99. The lowest BCUT2D eigenvalue weighted by Gasteiger charge is -2.36. The molecule has 0 saturated carbocycles. The molecule has 0 aliphatic carbocycles. The van der Waals surface area contributed by atoms with Gasteiger partial charge in [-0.3, -0.25) is 4.99 Å². The second kappa shape index (κ2) is 7.85. The lowest BCUT2D eigenvalue weighted by Crippen LogP contribution is -2.53. The molecule has 8 nitrogen and oxygen atoms in total. The van der Waals surface area contributed by atoms with Crippen LogP contribution >= 0.6 is 0 Å². The lowest BCUT2D eigenvalue weighted by molar-refractivity contribution is 0.0186. The standard InChI is InChI=1S/C14H28N4O4S/c1-5-23(20,21)11-6-16-12(15)17-7-9-18(10-8-17)13(19)22-14(2,3)4/h5-11H2,1-4H3,(H2,15,16). The van der Waals surface area contributed by atoms with Gasteiger partial charge in [-0.25, -0.2) is 13.2 Å². The molecule has 0 aromatic heterocycles. The number of aliphatic imine (C=N–C) groups is 1. The molecular weight excluding hydrogens is 320 g/mol. The quantitative estimate of drug-likeness (QED) is 0.578. The minimum Gasteiger partial charge on any atom is -0.444 e. The summed E-state index contributed by atoms with van der Waals surface area (Å²) in [4.78, 5) is 19.6. The van der Waals surface area contributed by atoms with Gasteiger partial charge in [0.1, 0.15) is 5.60 Å². The molecule has 2 N–H and O–H groups in total. The van der Waals surface area contributed by atoms with Crippen molar-refractivity contribution in [2.75, 3.05) is 44.2 Å². The summed E-state index contributed by atoms with van der Waals surface area (Å²) in [5, 5.41) is 0. The van der Waals surface area contributed by atoms with Gasteiger partial charge in [0.05, 0.1) is 12.3 Å². The maximum Gasteiger partial charge on any atom is 0.410 e. The van der Waals surface area contributed by atoms with E-state index in [1.54, 1.807) is 11.8 Å². The second-order valence-corrected chi connectivity index (χ2v) is 8.90. The van der Waals surface area contributed by atoms with Gasteiger partial charge in [0, 0.05) is 31.9 Å². The number of piperazine rings is 1. The molecule has 0 bridgehead atoms. The van der Waals surface area contributed by atoms with Crippen molar-refractivity contribution >= 4 is 21.9 Å². The maximum absolute atomic E-state index is 12.0. The fourth-order valence-corrected chi connectivity index (χ4v) is 2.65. The molecule has 0 aromatic carbocycles. The van der Waals surface area contributed by atoms with E-state index >= 15 is 0 Å². The summed E-state index contributed by atoms with van der Waals surface area (Å²) in [6, 6.07) is 0. The van der Waals surface area contributed by atoms with Crippen LogP contribution in [0.3, 0.4) is 0 Å². The van der Waals surface area contributed by atoms with Crippen molar-refractivity contribution in [1.29, 1.82) is 0 Å². The summed E-state index contributed by atoms with van der Waals surface area (Å²) in [7, 11) is -3.03. The van der Waals surface area contributed by atoms with E-state index in [2.05, 4.69) is 4.99 Å². The van der Waals surface area contributed by atoms with Crippen LogP contribution in [0.15, 0.2) is 4.99 Å². The zero-order valence-corrected chi connectivity index (χ0v) is 15.2. The number of hydrogen-bond acceptors (Lipinski definition) is 5. The average molecular weight is 348 g/mol. The van der Waals surface area contributed by atoms with E-state index in [9.17, 15) is 13.2 Å². The molecule has 1 heterocycles. The lowest BCUT2D eigenvalue weighted by atomic mass is 10.2. The molecule has 0 radical (unpaired) electrons.